The zero-order valence-electron chi connectivity index (χ0n) is 14.7. The number of hydrogen-bond acceptors (Lipinski definition) is 5. The second-order valence-corrected chi connectivity index (χ2v) is 6.92. The maximum absolute atomic E-state index is 5.60. The lowest BCUT2D eigenvalue weighted by Gasteiger charge is -2.46. The van der Waals surface area contributed by atoms with E-state index in [1.165, 1.54) is 22.3 Å². The van der Waals surface area contributed by atoms with Crippen molar-refractivity contribution in [3.8, 4) is 23.0 Å². The van der Waals surface area contributed by atoms with Gasteiger partial charge in [0, 0.05) is 12.1 Å². The quantitative estimate of drug-likeness (QED) is 0.840. The van der Waals surface area contributed by atoms with Crippen molar-refractivity contribution in [2.24, 2.45) is 0 Å². The minimum atomic E-state index is 0.316. The van der Waals surface area contributed by atoms with Crippen molar-refractivity contribution in [1.29, 1.82) is 0 Å². The summed E-state index contributed by atoms with van der Waals surface area (Å²) in [7, 11) is 5.59. The molecular formula is C20H21NO4. The highest BCUT2D eigenvalue weighted by Gasteiger charge is 2.39. The first-order valence-electron chi connectivity index (χ1n) is 8.58. The van der Waals surface area contributed by atoms with Crippen LogP contribution in [0.4, 0.5) is 0 Å². The van der Waals surface area contributed by atoms with Crippen LogP contribution in [0.5, 0.6) is 23.0 Å². The predicted octanol–water partition coefficient (Wildman–Crippen LogP) is 3.26. The Labute approximate surface area is 147 Å². The molecule has 2 bridgehead atoms. The number of hydrogen-bond donors (Lipinski definition) is 0. The van der Waals surface area contributed by atoms with E-state index in [1.807, 2.05) is 0 Å². The average molecular weight is 339 g/mol. The summed E-state index contributed by atoms with van der Waals surface area (Å²) in [4.78, 5) is 2.47. The number of benzene rings is 2. The van der Waals surface area contributed by atoms with E-state index >= 15 is 0 Å². The molecule has 5 nitrogen and oxygen atoms in total. The molecule has 3 aliphatic heterocycles. The van der Waals surface area contributed by atoms with Crippen molar-refractivity contribution in [1.82, 2.24) is 4.90 Å². The second-order valence-electron chi connectivity index (χ2n) is 6.92. The fourth-order valence-electron chi connectivity index (χ4n) is 4.49. The van der Waals surface area contributed by atoms with Crippen LogP contribution in [0.3, 0.4) is 0 Å². The van der Waals surface area contributed by atoms with E-state index in [0.29, 0.717) is 18.9 Å². The summed E-state index contributed by atoms with van der Waals surface area (Å²) in [6, 6.07) is 9.29. The first kappa shape index (κ1) is 14.9. The molecule has 2 aromatic rings. The van der Waals surface area contributed by atoms with Crippen molar-refractivity contribution >= 4 is 0 Å². The number of likely N-dealkylation sites (N-methyl/N-ethyl adjacent to an activating group) is 1. The molecule has 130 valence electrons. The molecule has 3 heterocycles. The van der Waals surface area contributed by atoms with Gasteiger partial charge >= 0.3 is 0 Å². The summed E-state index contributed by atoms with van der Waals surface area (Å²) < 4.78 is 22.2. The Balaban J connectivity index is 1.64. The molecule has 5 rings (SSSR count). The molecule has 0 N–H and O–H groups in total. The van der Waals surface area contributed by atoms with E-state index < -0.39 is 0 Å². The van der Waals surface area contributed by atoms with E-state index in [1.54, 1.807) is 14.2 Å². The van der Waals surface area contributed by atoms with Crippen molar-refractivity contribution < 1.29 is 18.9 Å². The lowest BCUT2D eigenvalue weighted by Crippen LogP contribution is -2.40. The number of rotatable bonds is 2. The summed E-state index contributed by atoms with van der Waals surface area (Å²) in [6.07, 6.45) is 1.91. The standard InChI is InChI=1S/C20H21NO4/c1-21-15-5-12-7-19-20(25-10-24-19)9-14(12)16(21)4-11-6-17(22-2)18(23-3)8-13(11)15/h6-9,15-16H,4-5,10H2,1-3H3/t15-,16-/m0/s1. The number of ether oxygens (including phenoxy) is 4. The molecule has 5 heteroatoms. The van der Waals surface area contributed by atoms with E-state index in [2.05, 4.69) is 36.2 Å². The molecule has 0 saturated carbocycles. The van der Waals surface area contributed by atoms with Gasteiger partial charge in [-0.2, -0.15) is 0 Å². The van der Waals surface area contributed by atoms with Crippen LogP contribution in [-0.4, -0.2) is 33.0 Å². The van der Waals surface area contributed by atoms with Crippen LogP contribution in [0, 0.1) is 0 Å². The molecule has 3 aliphatic rings. The fourth-order valence-corrected chi connectivity index (χ4v) is 4.49. The third-order valence-corrected chi connectivity index (χ3v) is 5.81. The van der Waals surface area contributed by atoms with Crippen LogP contribution < -0.4 is 18.9 Å². The second kappa shape index (κ2) is 5.30. The van der Waals surface area contributed by atoms with Gasteiger partial charge in [-0.25, -0.2) is 0 Å². The van der Waals surface area contributed by atoms with Gasteiger partial charge in [-0.15, -0.1) is 0 Å². The van der Waals surface area contributed by atoms with Crippen molar-refractivity contribution in [3.05, 3.63) is 46.5 Å². The molecule has 0 saturated heterocycles. The van der Waals surface area contributed by atoms with Gasteiger partial charge in [-0.1, -0.05) is 0 Å². The van der Waals surface area contributed by atoms with Gasteiger partial charge < -0.3 is 18.9 Å². The average Bonchev–Trinajstić information content (AvgIpc) is 3.08. The molecule has 2 atom stereocenters. The van der Waals surface area contributed by atoms with Gasteiger partial charge in [-0.05, 0) is 66.4 Å². The summed E-state index contributed by atoms with van der Waals surface area (Å²) >= 11 is 0. The van der Waals surface area contributed by atoms with Gasteiger partial charge in [0.15, 0.2) is 23.0 Å². The van der Waals surface area contributed by atoms with E-state index in [4.69, 9.17) is 18.9 Å². The number of nitrogens with zero attached hydrogens (tertiary/aromatic N) is 1. The number of fused-ring (bicyclic) bond motifs is 7. The Hall–Kier alpha value is -2.40. The molecule has 0 amide bonds. The molecule has 0 aromatic heterocycles. The summed E-state index contributed by atoms with van der Waals surface area (Å²) in [6.45, 7) is 0.316. The van der Waals surface area contributed by atoms with Crippen LogP contribution in [0.2, 0.25) is 0 Å². The van der Waals surface area contributed by atoms with Gasteiger partial charge in [0.05, 0.1) is 14.2 Å². The largest absolute Gasteiger partial charge is 0.493 e. The number of methoxy groups -OCH3 is 2. The highest BCUT2D eigenvalue weighted by molar-refractivity contribution is 5.55. The van der Waals surface area contributed by atoms with Crippen LogP contribution in [0.25, 0.3) is 0 Å². The molecule has 0 aliphatic carbocycles. The van der Waals surface area contributed by atoms with E-state index in [-0.39, 0.29) is 0 Å². The topological polar surface area (TPSA) is 40.2 Å². The zero-order chi connectivity index (χ0) is 17.1. The molecule has 0 radical (unpaired) electrons. The van der Waals surface area contributed by atoms with Crippen LogP contribution in [-0.2, 0) is 12.8 Å². The third-order valence-electron chi connectivity index (χ3n) is 5.81. The van der Waals surface area contributed by atoms with E-state index in [0.717, 1.165) is 35.8 Å². The zero-order valence-corrected chi connectivity index (χ0v) is 14.7. The Bertz CT molecular complexity index is 863. The maximum atomic E-state index is 5.60. The summed E-state index contributed by atoms with van der Waals surface area (Å²) in [5.74, 6) is 3.33. The first-order valence-corrected chi connectivity index (χ1v) is 8.58. The highest BCUT2D eigenvalue weighted by Crippen LogP contribution is 2.50. The van der Waals surface area contributed by atoms with E-state index in [9.17, 15) is 0 Å². The Morgan fingerprint density at radius 2 is 1.40 bits per heavy atom. The smallest absolute Gasteiger partial charge is 0.231 e. The Morgan fingerprint density at radius 3 is 2.08 bits per heavy atom. The monoisotopic (exact) mass is 339 g/mol. The molecule has 0 unspecified atom stereocenters. The van der Waals surface area contributed by atoms with Gasteiger partial charge in [0.1, 0.15) is 0 Å². The normalized spacial score (nSPS) is 23.0. The maximum Gasteiger partial charge on any atom is 0.231 e. The van der Waals surface area contributed by atoms with Crippen LogP contribution >= 0.6 is 0 Å². The first-order chi connectivity index (χ1) is 12.2. The lowest BCUT2D eigenvalue weighted by molar-refractivity contribution is 0.137. The van der Waals surface area contributed by atoms with Crippen molar-refractivity contribution in [2.45, 2.75) is 24.9 Å². The SMILES string of the molecule is COc1cc2c(cc1OC)[C@@H]1Cc3cc4c(cc3[C@H](C2)N1C)OCO4. The van der Waals surface area contributed by atoms with Gasteiger partial charge in [-0.3, -0.25) is 4.90 Å². The summed E-state index contributed by atoms with van der Waals surface area (Å²) in [5.41, 5.74) is 5.38. The molecule has 2 aromatic carbocycles. The minimum Gasteiger partial charge on any atom is -0.493 e. The predicted molar refractivity (Wildman–Crippen MR) is 92.8 cm³/mol. The lowest BCUT2D eigenvalue weighted by atomic mass is 9.76. The summed E-state index contributed by atoms with van der Waals surface area (Å²) in [5, 5.41) is 0. The molecular weight excluding hydrogens is 318 g/mol. The minimum absolute atomic E-state index is 0.316. The fraction of sp³-hybridized carbons (Fsp3) is 0.400. The van der Waals surface area contributed by atoms with Crippen molar-refractivity contribution in [2.75, 3.05) is 28.1 Å². The van der Waals surface area contributed by atoms with Gasteiger partial charge in [0.2, 0.25) is 6.79 Å². The Morgan fingerprint density at radius 1 is 0.840 bits per heavy atom. The molecule has 25 heavy (non-hydrogen) atoms. The molecule has 0 spiro atoms. The van der Waals surface area contributed by atoms with Crippen molar-refractivity contribution in [3.63, 3.8) is 0 Å². The Kier molecular flexibility index (Phi) is 3.16. The van der Waals surface area contributed by atoms with Crippen LogP contribution in [0.1, 0.15) is 34.3 Å². The third kappa shape index (κ3) is 2.05. The molecule has 0 fully saturated rings. The van der Waals surface area contributed by atoms with Crippen LogP contribution in [0.15, 0.2) is 24.3 Å². The van der Waals surface area contributed by atoms with Gasteiger partial charge in [0.25, 0.3) is 0 Å². The highest BCUT2D eigenvalue weighted by atomic mass is 16.7.